The lowest BCUT2D eigenvalue weighted by molar-refractivity contribution is 0.0965. The number of rotatable bonds is 4. The van der Waals surface area contributed by atoms with Gasteiger partial charge in [-0.1, -0.05) is 39.8 Å². The molecule has 2 nitrogen and oxygen atoms in total. The van der Waals surface area contributed by atoms with E-state index in [1.807, 2.05) is 26.0 Å². The number of hydrogen-bond donors (Lipinski definition) is 1. The van der Waals surface area contributed by atoms with E-state index in [0.717, 1.165) is 11.1 Å². The third-order valence-corrected chi connectivity index (χ3v) is 3.34. The molecule has 0 aliphatic carbocycles. The minimum Gasteiger partial charge on any atom is -0.330 e. The van der Waals surface area contributed by atoms with E-state index in [0.29, 0.717) is 13.0 Å². The molecule has 0 aliphatic rings. The molecule has 0 heterocycles. The van der Waals surface area contributed by atoms with E-state index >= 15 is 0 Å². The van der Waals surface area contributed by atoms with Crippen LogP contribution in [-0.4, -0.2) is 12.3 Å². The predicted octanol–water partition coefficient (Wildman–Crippen LogP) is 3.46. The Labute approximate surface area is 111 Å². The Morgan fingerprint density at radius 3 is 2.44 bits per heavy atom. The Morgan fingerprint density at radius 1 is 1.33 bits per heavy atom. The van der Waals surface area contributed by atoms with Crippen LogP contribution in [-0.2, 0) is 5.41 Å². The standard InChI is InChI=1S/C16H25NO/c1-11(10-17)8-15(18)14-9-13(16(3,4)5)7-6-12(14)2/h6-7,9,11H,8,10,17H2,1-5H3. The molecular weight excluding hydrogens is 222 g/mol. The number of hydrogen-bond acceptors (Lipinski definition) is 2. The molecule has 1 rings (SSSR count). The summed E-state index contributed by atoms with van der Waals surface area (Å²) in [7, 11) is 0. The molecule has 0 aliphatic heterocycles. The van der Waals surface area contributed by atoms with Gasteiger partial charge in [-0.3, -0.25) is 4.79 Å². The summed E-state index contributed by atoms with van der Waals surface area (Å²) >= 11 is 0. The molecule has 0 saturated carbocycles. The molecule has 0 bridgehead atoms. The summed E-state index contributed by atoms with van der Waals surface area (Å²) in [5.41, 5.74) is 8.76. The fraction of sp³-hybridized carbons (Fsp3) is 0.562. The lowest BCUT2D eigenvalue weighted by Gasteiger charge is -2.20. The summed E-state index contributed by atoms with van der Waals surface area (Å²) in [6, 6.07) is 6.19. The molecule has 1 unspecified atom stereocenters. The number of Topliss-reactive ketones (excluding diaryl/α,β-unsaturated/α-hetero) is 1. The Bertz CT molecular complexity index is 429. The molecule has 1 atom stereocenters. The summed E-state index contributed by atoms with van der Waals surface area (Å²) in [6.45, 7) is 11.1. The lowest BCUT2D eigenvalue weighted by atomic mass is 9.84. The highest BCUT2D eigenvalue weighted by Crippen LogP contribution is 2.25. The van der Waals surface area contributed by atoms with E-state index in [-0.39, 0.29) is 17.1 Å². The molecule has 0 spiro atoms. The maximum atomic E-state index is 12.3. The Kier molecular flexibility index (Phi) is 4.69. The Morgan fingerprint density at radius 2 is 1.94 bits per heavy atom. The summed E-state index contributed by atoms with van der Waals surface area (Å²) in [5.74, 6) is 0.451. The van der Waals surface area contributed by atoms with Crippen LogP contribution < -0.4 is 5.73 Å². The van der Waals surface area contributed by atoms with Gasteiger partial charge in [0.05, 0.1) is 0 Å². The van der Waals surface area contributed by atoms with Crippen LogP contribution in [0.15, 0.2) is 18.2 Å². The fourth-order valence-corrected chi connectivity index (χ4v) is 1.90. The van der Waals surface area contributed by atoms with Gasteiger partial charge in [-0.2, -0.15) is 0 Å². The van der Waals surface area contributed by atoms with Gasteiger partial charge in [0.1, 0.15) is 0 Å². The predicted molar refractivity (Wildman–Crippen MR) is 77.0 cm³/mol. The van der Waals surface area contributed by atoms with E-state index in [1.165, 1.54) is 5.56 Å². The van der Waals surface area contributed by atoms with E-state index in [4.69, 9.17) is 5.73 Å². The molecule has 0 aromatic heterocycles. The van der Waals surface area contributed by atoms with Crippen LogP contribution in [0, 0.1) is 12.8 Å². The molecule has 0 fully saturated rings. The maximum absolute atomic E-state index is 12.3. The van der Waals surface area contributed by atoms with E-state index < -0.39 is 0 Å². The van der Waals surface area contributed by atoms with Crippen LogP contribution in [0.3, 0.4) is 0 Å². The van der Waals surface area contributed by atoms with E-state index in [2.05, 4.69) is 26.8 Å². The van der Waals surface area contributed by atoms with Crippen molar-refractivity contribution in [2.45, 2.75) is 46.5 Å². The zero-order valence-electron chi connectivity index (χ0n) is 12.2. The number of benzene rings is 1. The highest BCUT2D eigenvalue weighted by atomic mass is 16.1. The van der Waals surface area contributed by atoms with Crippen molar-refractivity contribution >= 4 is 5.78 Å². The van der Waals surface area contributed by atoms with Gasteiger partial charge in [-0.15, -0.1) is 0 Å². The quantitative estimate of drug-likeness (QED) is 0.828. The van der Waals surface area contributed by atoms with Crippen LogP contribution >= 0.6 is 0 Å². The number of nitrogens with two attached hydrogens (primary N) is 1. The zero-order chi connectivity index (χ0) is 13.9. The van der Waals surface area contributed by atoms with Crippen molar-refractivity contribution in [2.24, 2.45) is 11.7 Å². The first kappa shape index (κ1) is 14.9. The van der Waals surface area contributed by atoms with Crippen molar-refractivity contribution in [1.29, 1.82) is 0 Å². The monoisotopic (exact) mass is 247 g/mol. The van der Waals surface area contributed by atoms with Crippen molar-refractivity contribution in [2.75, 3.05) is 6.54 Å². The van der Waals surface area contributed by atoms with Gasteiger partial charge in [0.2, 0.25) is 0 Å². The molecular formula is C16H25NO. The van der Waals surface area contributed by atoms with E-state index in [9.17, 15) is 4.79 Å². The highest BCUT2D eigenvalue weighted by molar-refractivity contribution is 5.97. The van der Waals surface area contributed by atoms with Gasteiger partial charge in [0, 0.05) is 12.0 Å². The number of carbonyl (C=O) groups excluding carboxylic acids is 1. The number of aryl methyl sites for hydroxylation is 1. The van der Waals surface area contributed by atoms with Crippen LogP contribution in [0.4, 0.5) is 0 Å². The summed E-state index contributed by atoms with van der Waals surface area (Å²) in [5, 5.41) is 0. The first-order valence-electron chi connectivity index (χ1n) is 6.60. The fourth-order valence-electron chi connectivity index (χ4n) is 1.90. The highest BCUT2D eigenvalue weighted by Gasteiger charge is 2.18. The van der Waals surface area contributed by atoms with Gasteiger partial charge in [0.25, 0.3) is 0 Å². The Balaban J connectivity index is 3.04. The van der Waals surface area contributed by atoms with E-state index in [1.54, 1.807) is 0 Å². The second-order valence-electron chi connectivity index (χ2n) is 6.25. The van der Waals surface area contributed by atoms with Crippen molar-refractivity contribution in [3.8, 4) is 0 Å². The molecule has 1 aromatic carbocycles. The topological polar surface area (TPSA) is 43.1 Å². The van der Waals surface area contributed by atoms with Crippen molar-refractivity contribution in [3.05, 3.63) is 34.9 Å². The molecule has 1 aromatic rings. The average molecular weight is 247 g/mol. The SMILES string of the molecule is Cc1ccc(C(C)(C)C)cc1C(=O)CC(C)CN. The Hall–Kier alpha value is -1.15. The number of ketones is 1. The van der Waals surface area contributed by atoms with Gasteiger partial charge >= 0.3 is 0 Å². The molecule has 100 valence electrons. The largest absolute Gasteiger partial charge is 0.330 e. The zero-order valence-corrected chi connectivity index (χ0v) is 12.2. The molecule has 0 saturated heterocycles. The molecule has 0 amide bonds. The lowest BCUT2D eigenvalue weighted by Crippen LogP contribution is -2.17. The van der Waals surface area contributed by atoms with Gasteiger partial charge in [0.15, 0.2) is 5.78 Å². The van der Waals surface area contributed by atoms with Crippen molar-refractivity contribution in [3.63, 3.8) is 0 Å². The molecule has 2 heteroatoms. The maximum Gasteiger partial charge on any atom is 0.163 e. The summed E-state index contributed by atoms with van der Waals surface area (Å²) in [4.78, 5) is 12.3. The average Bonchev–Trinajstić information content (AvgIpc) is 2.27. The number of carbonyl (C=O) groups is 1. The first-order chi connectivity index (χ1) is 8.25. The smallest absolute Gasteiger partial charge is 0.163 e. The second-order valence-corrected chi connectivity index (χ2v) is 6.25. The third-order valence-electron chi connectivity index (χ3n) is 3.34. The van der Waals surface area contributed by atoms with Gasteiger partial charge < -0.3 is 5.73 Å². The van der Waals surface area contributed by atoms with Crippen molar-refractivity contribution in [1.82, 2.24) is 0 Å². The van der Waals surface area contributed by atoms with Crippen molar-refractivity contribution < 1.29 is 4.79 Å². The second kappa shape index (κ2) is 5.66. The minimum absolute atomic E-state index is 0.0716. The van der Waals surface area contributed by atoms with Gasteiger partial charge in [-0.25, -0.2) is 0 Å². The van der Waals surface area contributed by atoms with Crippen LogP contribution in [0.25, 0.3) is 0 Å². The minimum atomic E-state index is 0.0716. The first-order valence-corrected chi connectivity index (χ1v) is 6.60. The van der Waals surface area contributed by atoms with Gasteiger partial charge in [-0.05, 0) is 42.0 Å². The molecule has 18 heavy (non-hydrogen) atoms. The molecule has 2 N–H and O–H groups in total. The molecule has 0 radical (unpaired) electrons. The third kappa shape index (κ3) is 3.67. The summed E-state index contributed by atoms with van der Waals surface area (Å²) < 4.78 is 0. The van der Waals surface area contributed by atoms with Crippen LogP contribution in [0.5, 0.6) is 0 Å². The van der Waals surface area contributed by atoms with Crippen LogP contribution in [0.2, 0.25) is 0 Å². The summed E-state index contributed by atoms with van der Waals surface area (Å²) in [6.07, 6.45) is 0.533. The van der Waals surface area contributed by atoms with Crippen LogP contribution in [0.1, 0.15) is 55.6 Å². The normalized spacial score (nSPS) is 13.4.